The fourth-order valence-corrected chi connectivity index (χ4v) is 2.78. The highest BCUT2D eigenvalue weighted by Crippen LogP contribution is 2.20. The molecule has 0 aromatic carbocycles. The second-order valence-electron chi connectivity index (χ2n) is 5.92. The summed E-state index contributed by atoms with van der Waals surface area (Å²) in [5.41, 5.74) is 8.41. The van der Waals surface area contributed by atoms with Crippen molar-refractivity contribution in [1.82, 2.24) is 21.0 Å². The van der Waals surface area contributed by atoms with Crippen LogP contribution in [-0.2, 0) is 0 Å². The Morgan fingerprint density at radius 3 is 2.91 bits per heavy atom. The van der Waals surface area contributed by atoms with Crippen LogP contribution in [-0.4, -0.2) is 40.9 Å². The van der Waals surface area contributed by atoms with Gasteiger partial charge in [-0.15, -0.1) is 0 Å². The van der Waals surface area contributed by atoms with Crippen LogP contribution in [0.2, 0.25) is 0 Å². The van der Waals surface area contributed by atoms with E-state index in [1.807, 2.05) is 12.1 Å². The van der Waals surface area contributed by atoms with Gasteiger partial charge in [0, 0.05) is 31.4 Å². The van der Waals surface area contributed by atoms with E-state index in [9.17, 15) is 4.79 Å². The van der Waals surface area contributed by atoms with Crippen molar-refractivity contribution in [1.29, 1.82) is 0 Å². The molecule has 0 spiro atoms. The van der Waals surface area contributed by atoms with Gasteiger partial charge < -0.3 is 10.2 Å². The lowest BCUT2D eigenvalue weighted by Crippen LogP contribution is -2.54. The minimum atomic E-state index is -0.263. The molecule has 2 aromatic heterocycles. The van der Waals surface area contributed by atoms with Gasteiger partial charge in [-0.05, 0) is 38.1 Å². The van der Waals surface area contributed by atoms with Crippen molar-refractivity contribution in [2.75, 3.05) is 18.0 Å². The lowest BCUT2D eigenvalue weighted by molar-refractivity contribution is 0.103. The molecule has 119 valence electrons. The molecular weight excluding hydrogens is 290 g/mol. The zero-order valence-corrected chi connectivity index (χ0v) is 13.3. The number of piperazine rings is 1. The molecule has 6 nitrogen and oxygen atoms in total. The summed E-state index contributed by atoms with van der Waals surface area (Å²) in [4.78, 5) is 23.2. The van der Waals surface area contributed by atoms with Crippen LogP contribution in [0.5, 0.6) is 0 Å². The monoisotopic (exact) mass is 310 g/mol. The fraction of sp³-hybridized carbons (Fsp3) is 0.353. The number of aromatic nitrogens is 2. The quantitative estimate of drug-likeness (QED) is 0.874. The Balaban J connectivity index is 1.91. The number of anilines is 1. The average molecular weight is 310 g/mol. The summed E-state index contributed by atoms with van der Waals surface area (Å²) < 4.78 is 0. The Kier molecular flexibility index (Phi) is 4.25. The topological polar surface area (TPSA) is 81.9 Å². The van der Waals surface area contributed by atoms with Crippen molar-refractivity contribution in [2.24, 2.45) is 0 Å². The van der Waals surface area contributed by atoms with Crippen LogP contribution in [0.1, 0.15) is 29.9 Å². The summed E-state index contributed by atoms with van der Waals surface area (Å²) in [7, 11) is 0. The molecule has 3 rings (SSSR count). The molecule has 0 amide bonds. The van der Waals surface area contributed by atoms with Crippen LogP contribution in [0.25, 0.3) is 0 Å². The van der Waals surface area contributed by atoms with E-state index >= 15 is 0 Å². The second kappa shape index (κ2) is 6.34. The smallest absolute Gasteiger partial charge is 0.215 e. The average Bonchev–Trinajstić information content (AvgIpc) is 2.57. The molecular formula is C17H20N5O. The third-order valence-electron chi connectivity index (χ3n) is 4.08. The lowest BCUT2D eigenvalue weighted by atomic mass is 10.1. The Morgan fingerprint density at radius 2 is 2.13 bits per heavy atom. The maximum Gasteiger partial charge on any atom is 0.215 e. The SMILES string of the molecule is C[C@@H]1CN(c2cccc(C(=O)c3cccnc3[NH])n2)[C@H](C)CN1. The molecule has 1 saturated heterocycles. The number of pyridine rings is 2. The molecule has 1 radical (unpaired) electrons. The molecule has 0 saturated carbocycles. The number of nitrogens with zero attached hydrogens (tertiary/aromatic N) is 3. The van der Waals surface area contributed by atoms with Crippen LogP contribution in [0.15, 0.2) is 36.5 Å². The molecule has 1 aliphatic rings. The molecule has 1 aliphatic heterocycles. The summed E-state index contributed by atoms with van der Waals surface area (Å²) in [5.74, 6) is 0.516. The standard InChI is InChI=1S/C17H20N5O/c1-11-10-22(12(2)9-20-11)15-7-3-6-14(21-15)16(23)13-5-4-8-19-17(13)18/h3-8,11-12,18,20H,9-10H2,1-2H3/t11-,12-/m1/s1. The third-order valence-corrected chi connectivity index (χ3v) is 4.08. The van der Waals surface area contributed by atoms with E-state index < -0.39 is 0 Å². The summed E-state index contributed by atoms with van der Waals surface area (Å²) in [6, 6.07) is 9.43. The van der Waals surface area contributed by atoms with Crippen LogP contribution in [0.4, 0.5) is 11.6 Å². The van der Waals surface area contributed by atoms with Gasteiger partial charge in [0.05, 0.1) is 5.56 Å². The van der Waals surface area contributed by atoms with E-state index in [1.54, 1.807) is 18.2 Å². The highest BCUT2D eigenvalue weighted by atomic mass is 16.1. The van der Waals surface area contributed by atoms with Gasteiger partial charge in [-0.25, -0.2) is 9.97 Å². The summed E-state index contributed by atoms with van der Waals surface area (Å²) >= 11 is 0. The van der Waals surface area contributed by atoms with Crippen LogP contribution >= 0.6 is 0 Å². The van der Waals surface area contributed by atoms with Gasteiger partial charge in [0.2, 0.25) is 5.78 Å². The number of carbonyl (C=O) groups is 1. The number of nitrogens with one attached hydrogen (secondary N) is 2. The van der Waals surface area contributed by atoms with Gasteiger partial charge >= 0.3 is 0 Å². The molecule has 2 atom stereocenters. The molecule has 23 heavy (non-hydrogen) atoms. The second-order valence-corrected chi connectivity index (χ2v) is 5.92. The number of carbonyl (C=O) groups excluding carboxylic acids is 1. The number of hydrogen-bond acceptors (Lipinski definition) is 5. The minimum Gasteiger partial charge on any atom is -0.351 e. The Labute approximate surface area is 135 Å². The van der Waals surface area contributed by atoms with Crippen molar-refractivity contribution in [2.45, 2.75) is 25.9 Å². The van der Waals surface area contributed by atoms with Gasteiger partial charge in [0.25, 0.3) is 0 Å². The molecule has 0 aliphatic carbocycles. The highest BCUT2D eigenvalue weighted by Gasteiger charge is 2.24. The van der Waals surface area contributed by atoms with Gasteiger partial charge in [0.15, 0.2) is 5.82 Å². The summed E-state index contributed by atoms with van der Waals surface area (Å²) in [6.07, 6.45) is 1.51. The number of rotatable bonds is 3. The number of hydrogen-bond donors (Lipinski definition) is 1. The lowest BCUT2D eigenvalue weighted by Gasteiger charge is -2.38. The maximum absolute atomic E-state index is 12.6. The molecule has 2 N–H and O–H groups in total. The molecule has 0 unspecified atom stereocenters. The van der Waals surface area contributed by atoms with E-state index in [0.717, 1.165) is 18.9 Å². The van der Waals surface area contributed by atoms with Gasteiger partial charge in [-0.2, -0.15) is 0 Å². The maximum atomic E-state index is 12.6. The van der Waals surface area contributed by atoms with Gasteiger partial charge in [-0.3, -0.25) is 10.5 Å². The predicted molar refractivity (Wildman–Crippen MR) is 88.9 cm³/mol. The fourth-order valence-electron chi connectivity index (χ4n) is 2.78. The zero-order chi connectivity index (χ0) is 16.4. The Morgan fingerprint density at radius 1 is 1.30 bits per heavy atom. The molecule has 6 heteroatoms. The normalized spacial score (nSPS) is 21.2. The minimum absolute atomic E-state index is 0.0196. The first-order valence-electron chi connectivity index (χ1n) is 7.74. The Bertz CT molecular complexity index is 718. The van der Waals surface area contributed by atoms with E-state index in [1.165, 1.54) is 6.20 Å². The molecule has 0 bridgehead atoms. The summed E-state index contributed by atoms with van der Waals surface area (Å²) in [5, 5.41) is 3.43. The Hall–Kier alpha value is -2.47. The number of ketones is 1. The predicted octanol–water partition coefficient (Wildman–Crippen LogP) is 1.81. The first-order chi connectivity index (χ1) is 11.1. The first-order valence-corrected chi connectivity index (χ1v) is 7.74. The third kappa shape index (κ3) is 3.17. The van der Waals surface area contributed by atoms with Crippen molar-refractivity contribution < 1.29 is 4.79 Å². The zero-order valence-electron chi connectivity index (χ0n) is 13.3. The van der Waals surface area contributed by atoms with Crippen molar-refractivity contribution in [3.05, 3.63) is 47.8 Å². The van der Waals surface area contributed by atoms with Crippen LogP contribution in [0.3, 0.4) is 0 Å². The van der Waals surface area contributed by atoms with E-state index in [-0.39, 0.29) is 17.2 Å². The van der Waals surface area contributed by atoms with Gasteiger partial charge in [-0.1, -0.05) is 6.07 Å². The van der Waals surface area contributed by atoms with Crippen molar-refractivity contribution in [3.8, 4) is 0 Å². The van der Waals surface area contributed by atoms with Gasteiger partial charge in [0.1, 0.15) is 11.5 Å². The molecule has 3 heterocycles. The largest absolute Gasteiger partial charge is 0.351 e. The van der Waals surface area contributed by atoms with Crippen LogP contribution < -0.4 is 16.0 Å². The highest BCUT2D eigenvalue weighted by molar-refractivity contribution is 6.10. The van der Waals surface area contributed by atoms with E-state index in [4.69, 9.17) is 5.73 Å². The first kappa shape index (κ1) is 15.4. The van der Waals surface area contributed by atoms with Crippen molar-refractivity contribution >= 4 is 17.4 Å². The van der Waals surface area contributed by atoms with E-state index in [2.05, 4.69) is 34.0 Å². The summed E-state index contributed by atoms with van der Waals surface area (Å²) in [6.45, 7) is 6.01. The molecule has 2 aromatic rings. The van der Waals surface area contributed by atoms with Crippen molar-refractivity contribution in [3.63, 3.8) is 0 Å². The van der Waals surface area contributed by atoms with Crippen LogP contribution in [0, 0.1) is 0 Å². The molecule has 1 fully saturated rings. The van der Waals surface area contributed by atoms with E-state index in [0.29, 0.717) is 17.8 Å².